The van der Waals surface area contributed by atoms with Gasteiger partial charge in [-0.05, 0) is 5.56 Å². The molecule has 0 bridgehead atoms. The minimum atomic E-state index is -4.38. The largest absolute Gasteiger partial charge is 0.395 e. The average molecular weight is 302 g/mol. The maximum Gasteiger partial charge on any atom is 0.395 e. The standard InChI is InChI=1S/C14H17F3N2O2/c15-14(16,17)11-6-19(7-12(11)18)13(20)9-21-8-10-4-2-1-3-5-10/h1-5,11-12H,6-9,18H2/t11-,12-/m1/s1. The van der Waals surface area contributed by atoms with Crippen LogP contribution in [0.25, 0.3) is 0 Å². The highest BCUT2D eigenvalue weighted by Gasteiger charge is 2.49. The van der Waals surface area contributed by atoms with E-state index in [2.05, 4.69) is 0 Å². The number of likely N-dealkylation sites (tertiary alicyclic amines) is 1. The van der Waals surface area contributed by atoms with E-state index in [0.29, 0.717) is 0 Å². The van der Waals surface area contributed by atoms with Crippen molar-refractivity contribution in [1.82, 2.24) is 4.90 Å². The van der Waals surface area contributed by atoms with Gasteiger partial charge in [-0.15, -0.1) is 0 Å². The smallest absolute Gasteiger partial charge is 0.367 e. The zero-order valence-electron chi connectivity index (χ0n) is 11.3. The normalized spacial score (nSPS) is 22.6. The first kappa shape index (κ1) is 15.8. The Bertz CT molecular complexity index is 479. The Labute approximate surface area is 120 Å². The molecule has 1 aliphatic heterocycles. The van der Waals surface area contributed by atoms with Gasteiger partial charge in [0.2, 0.25) is 5.91 Å². The van der Waals surface area contributed by atoms with Crippen molar-refractivity contribution < 1.29 is 22.7 Å². The van der Waals surface area contributed by atoms with Crippen LogP contribution in [-0.4, -0.2) is 42.7 Å². The summed E-state index contributed by atoms with van der Waals surface area (Å²) in [6, 6.07) is 8.16. The van der Waals surface area contributed by atoms with Gasteiger partial charge >= 0.3 is 6.18 Å². The number of nitrogens with two attached hydrogens (primary N) is 1. The van der Waals surface area contributed by atoms with Crippen LogP contribution in [-0.2, 0) is 16.1 Å². The molecular formula is C14H17F3N2O2. The van der Waals surface area contributed by atoms with Crippen molar-refractivity contribution in [3.8, 4) is 0 Å². The number of amides is 1. The monoisotopic (exact) mass is 302 g/mol. The molecule has 1 amide bonds. The first-order valence-corrected chi connectivity index (χ1v) is 6.59. The molecule has 1 aromatic rings. The van der Waals surface area contributed by atoms with Crippen LogP contribution in [0.1, 0.15) is 5.56 Å². The Morgan fingerprint density at radius 1 is 1.29 bits per heavy atom. The lowest BCUT2D eigenvalue weighted by atomic mass is 10.1. The lowest BCUT2D eigenvalue weighted by molar-refractivity contribution is -0.174. The summed E-state index contributed by atoms with van der Waals surface area (Å²) in [5.74, 6) is -2.12. The van der Waals surface area contributed by atoms with E-state index >= 15 is 0 Å². The molecule has 7 heteroatoms. The molecule has 21 heavy (non-hydrogen) atoms. The van der Waals surface area contributed by atoms with Gasteiger partial charge in [0.05, 0.1) is 12.5 Å². The number of alkyl halides is 3. The maximum atomic E-state index is 12.7. The van der Waals surface area contributed by atoms with Crippen molar-refractivity contribution in [3.63, 3.8) is 0 Å². The third kappa shape index (κ3) is 4.18. The highest BCUT2D eigenvalue weighted by molar-refractivity contribution is 5.77. The Morgan fingerprint density at radius 2 is 1.95 bits per heavy atom. The van der Waals surface area contributed by atoms with Crippen molar-refractivity contribution in [2.24, 2.45) is 11.7 Å². The second-order valence-electron chi connectivity index (χ2n) is 5.09. The molecule has 116 valence electrons. The molecule has 2 rings (SSSR count). The Kier molecular flexibility index (Phi) is 4.84. The first-order chi connectivity index (χ1) is 9.88. The Balaban J connectivity index is 1.79. The number of carbonyl (C=O) groups is 1. The van der Waals surface area contributed by atoms with Gasteiger partial charge in [0.1, 0.15) is 6.61 Å². The number of nitrogens with zero attached hydrogens (tertiary/aromatic N) is 1. The minimum absolute atomic E-state index is 0.0856. The molecule has 4 nitrogen and oxygen atoms in total. The number of hydrogen-bond acceptors (Lipinski definition) is 3. The summed E-state index contributed by atoms with van der Waals surface area (Å²) in [7, 11) is 0. The molecule has 2 N–H and O–H groups in total. The van der Waals surface area contributed by atoms with Gasteiger partial charge in [0.25, 0.3) is 0 Å². The van der Waals surface area contributed by atoms with Crippen LogP contribution in [0.4, 0.5) is 13.2 Å². The molecule has 0 unspecified atom stereocenters. The molecule has 1 saturated heterocycles. The molecule has 0 aromatic heterocycles. The molecule has 1 aromatic carbocycles. The first-order valence-electron chi connectivity index (χ1n) is 6.59. The highest BCUT2D eigenvalue weighted by atomic mass is 19.4. The van der Waals surface area contributed by atoms with Crippen LogP contribution < -0.4 is 5.73 Å². The van der Waals surface area contributed by atoms with Crippen LogP contribution in [0.15, 0.2) is 30.3 Å². The summed E-state index contributed by atoms with van der Waals surface area (Å²) in [6.07, 6.45) is -4.38. The van der Waals surface area contributed by atoms with Gasteiger partial charge in [-0.1, -0.05) is 30.3 Å². The Morgan fingerprint density at radius 3 is 2.52 bits per heavy atom. The zero-order chi connectivity index (χ0) is 15.5. The van der Waals surface area contributed by atoms with E-state index in [0.717, 1.165) is 10.5 Å². The van der Waals surface area contributed by atoms with E-state index in [1.807, 2.05) is 30.3 Å². The summed E-state index contributed by atoms with van der Waals surface area (Å²) in [5, 5.41) is 0. The van der Waals surface area contributed by atoms with E-state index in [4.69, 9.17) is 10.5 Å². The van der Waals surface area contributed by atoms with Gasteiger partial charge in [0.15, 0.2) is 0 Å². The lowest BCUT2D eigenvalue weighted by Crippen LogP contribution is -2.38. The van der Waals surface area contributed by atoms with Crippen LogP contribution in [0.5, 0.6) is 0 Å². The van der Waals surface area contributed by atoms with E-state index in [1.165, 1.54) is 0 Å². The topological polar surface area (TPSA) is 55.6 Å². The van der Waals surface area contributed by atoms with Gasteiger partial charge in [0, 0.05) is 19.1 Å². The molecule has 0 radical (unpaired) electrons. The predicted octanol–water partition coefficient (Wildman–Crippen LogP) is 1.55. The van der Waals surface area contributed by atoms with Crippen LogP contribution in [0, 0.1) is 5.92 Å². The second kappa shape index (κ2) is 6.44. The lowest BCUT2D eigenvalue weighted by Gasteiger charge is -2.18. The number of carbonyl (C=O) groups excluding carboxylic acids is 1. The van der Waals surface area contributed by atoms with Gasteiger partial charge in [-0.25, -0.2) is 0 Å². The van der Waals surface area contributed by atoms with Gasteiger partial charge in [-0.3, -0.25) is 4.79 Å². The van der Waals surface area contributed by atoms with Gasteiger partial charge in [-0.2, -0.15) is 13.2 Å². The molecule has 0 aliphatic carbocycles. The summed E-state index contributed by atoms with van der Waals surface area (Å²) < 4.78 is 43.3. The van der Waals surface area contributed by atoms with Crippen LogP contribution in [0.2, 0.25) is 0 Å². The summed E-state index contributed by atoms with van der Waals surface area (Å²) in [5.41, 5.74) is 6.36. The molecule has 1 fully saturated rings. The van der Waals surface area contributed by atoms with Crippen LogP contribution >= 0.6 is 0 Å². The molecule has 1 aliphatic rings. The number of hydrogen-bond donors (Lipinski definition) is 1. The van der Waals surface area contributed by atoms with E-state index < -0.39 is 30.6 Å². The number of halogens is 3. The average Bonchev–Trinajstić information content (AvgIpc) is 2.82. The summed E-state index contributed by atoms with van der Waals surface area (Å²) in [6.45, 7) is -0.475. The number of benzene rings is 1. The van der Waals surface area contributed by atoms with Crippen molar-refractivity contribution >= 4 is 5.91 Å². The third-order valence-corrected chi connectivity index (χ3v) is 3.48. The van der Waals surface area contributed by atoms with Crippen molar-refractivity contribution in [2.75, 3.05) is 19.7 Å². The highest BCUT2D eigenvalue weighted by Crippen LogP contribution is 2.32. The molecule has 2 atom stereocenters. The maximum absolute atomic E-state index is 12.7. The summed E-state index contributed by atoms with van der Waals surface area (Å²) in [4.78, 5) is 13.0. The third-order valence-electron chi connectivity index (χ3n) is 3.48. The summed E-state index contributed by atoms with van der Waals surface area (Å²) >= 11 is 0. The fourth-order valence-electron chi connectivity index (χ4n) is 2.30. The van der Waals surface area contributed by atoms with Gasteiger partial charge < -0.3 is 15.4 Å². The second-order valence-corrected chi connectivity index (χ2v) is 5.09. The van der Waals surface area contributed by atoms with E-state index in [1.54, 1.807) is 0 Å². The fourth-order valence-corrected chi connectivity index (χ4v) is 2.30. The minimum Gasteiger partial charge on any atom is -0.367 e. The quantitative estimate of drug-likeness (QED) is 0.918. The van der Waals surface area contributed by atoms with E-state index in [9.17, 15) is 18.0 Å². The van der Waals surface area contributed by atoms with Crippen molar-refractivity contribution in [1.29, 1.82) is 0 Å². The number of rotatable bonds is 4. The zero-order valence-corrected chi connectivity index (χ0v) is 11.3. The number of ether oxygens (including phenoxy) is 1. The molecule has 0 spiro atoms. The molecular weight excluding hydrogens is 285 g/mol. The molecule has 0 saturated carbocycles. The van der Waals surface area contributed by atoms with Crippen LogP contribution in [0.3, 0.4) is 0 Å². The predicted molar refractivity (Wildman–Crippen MR) is 70.2 cm³/mol. The Hall–Kier alpha value is -1.60. The molecule has 1 heterocycles. The van der Waals surface area contributed by atoms with Crippen molar-refractivity contribution in [3.05, 3.63) is 35.9 Å². The van der Waals surface area contributed by atoms with Crippen molar-refractivity contribution in [2.45, 2.75) is 18.8 Å². The SMILES string of the molecule is N[C@@H]1CN(C(=O)COCc2ccccc2)C[C@H]1C(F)(F)F. The fraction of sp³-hybridized carbons (Fsp3) is 0.500. The van der Waals surface area contributed by atoms with E-state index in [-0.39, 0.29) is 19.8 Å².